The van der Waals surface area contributed by atoms with E-state index in [1.165, 1.54) is 18.4 Å². The van der Waals surface area contributed by atoms with E-state index in [0.29, 0.717) is 12.5 Å². The maximum atomic E-state index is 5.97. The molecule has 0 aliphatic rings. The Hall–Kier alpha value is -1.06. The zero-order chi connectivity index (χ0) is 14.1. The molecule has 19 heavy (non-hydrogen) atoms. The standard InChI is InChI=1S/C16H28N2O/c1-4-9-18(10-5-2)13-15(12-17)14-7-6-8-16(11-14)19-3/h6-8,11,15H,4-5,9-10,12-13,17H2,1-3H3. The van der Waals surface area contributed by atoms with Gasteiger partial charge in [-0.15, -0.1) is 0 Å². The molecule has 3 heteroatoms. The number of nitrogens with zero attached hydrogens (tertiary/aromatic N) is 1. The van der Waals surface area contributed by atoms with Gasteiger partial charge >= 0.3 is 0 Å². The molecule has 0 spiro atoms. The lowest BCUT2D eigenvalue weighted by molar-refractivity contribution is 0.258. The van der Waals surface area contributed by atoms with Gasteiger partial charge in [0.15, 0.2) is 0 Å². The first-order valence-electron chi connectivity index (χ1n) is 7.31. The van der Waals surface area contributed by atoms with Gasteiger partial charge in [0.25, 0.3) is 0 Å². The van der Waals surface area contributed by atoms with E-state index in [1.807, 2.05) is 12.1 Å². The van der Waals surface area contributed by atoms with Crippen LogP contribution in [0.25, 0.3) is 0 Å². The molecule has 1 aromatic rings. The van der Waals surface area contributed by atoms with Gasteiger partial charge in [-0.1, -0.05) is 26.0 Å². The van der Waals surface area contributed by atoms with E-state index in [-0.39, 0.29) is 0 Å². The number of nitrogens with two attached hydrogens (primary N) is 1. The van der Waals surface area contributed by atoms with E-state index in [9.17, 15) is 0 Å². The normalized spacial score (nSPS) is 12.7. The highest BCUT2D eigenvalue weighted by molar-refractivity contribution is 5.31. The summed E-state index contributed by atoms with van der Waals surface area (Å²) in [5.74, 6) is 1.29. The summed E-state index contributed by atoms with van der Waals surface area (Å²) >= 11 is 0. The molecule has 3 nitrogen and oxygen atoms in total. The minimum atomic E-state index is 0.383. The molecular weight excluding hydrogens is 236 g/mol. The van der Waals surface area contributed by atoms with Crippen LogP contribution < -0.4 is 10.5 Å². The van der Waals surface area contributed by atoms with Crippen molar-refractivity contribution >= 4 is 0 Å². The van der Waals surface area contributed by atoms with Gasteiger partial charge in [-0.25, -0.2) is 0 Å². The number of benzene rings is 1. The van der Waals surface area contributed by atoms with Crippen molar-refractivity contribution in [1.29, 1.82) is 0 Å². The molecule has 0 amide bonds. The van der Waals surface area contributed by atoms with E-state index in [0.717, 1.165) is 25.4 Å². The molecular formula is C16H28N2O. The quantitative estimate of drug-likeness (QED) is 0.745. The average Bonchev–Trinajstić information content (AvgIpc) is 2.45. The molecule has 0 aliphatic carbocycles. The van der Waals surface area contributed by atoms with Gasteiger partial charge in [0, 0.05) is 19.0 Å². The molecule has 0 saturated heterocycles. The predicted octanol–water partition coefficient (Wildman–Crippen LogP) is 2.86. The Kier molecular flexibility index (Phi) is 7.53. The number of rotatable bonds is 9. The molecule has 2 N–H and O–H groups in total. The number of ether oxygens (including phenoxy) is 1. The maximum absolute atomic E-state index is 5.97. The first kappa shape index (κ1) is 16.0. The third-order valence-corrected chi connectivity index (χ3v) is 3.41. The van der Waals surface area contributed by atoms with Crippen molar-refractivity contribution in [3.63, 3.8) is 0 Å². The SMILES string of the molecule is CCCN(CCC)CC(CN)c1cccc(OC)c1. The van der Waals surface area contributed by atoms with E-state index in [4.69, 9.17) is 10.5 Å². The minimum absolute atomic E-state index is 0.383. The first-order valence-corrected chi connectivity index (χ1v) is 7.31. The summed E-state index contributed by atoms with van der Waals surface area (Å²) in [4.78, 5) is 2.51. The van der Waals surface area contributed by atoms with Crippen molar-refractivity contribution in [3.05, 3.63) is 29.8 Å². The molecule has 108 valence electrons. The summed E-state index contributed by atoms with van der Waals surface area (Å²) in [6, 6.07) is 8.28. The van der Waals surface area contributed by atoms with E-state index in [2.05, 4.69) is 30.9 Å². The Morgan fingerprint density at radius 3 is 2.42 bits per heavy atom. The molecule has 0 saturated carbocycles. The molecule has 1 aromatic carbocycles. The summed E-state index contributed by atoms with van der Waals surface area (Å²) in [7, 11) is 1.71. The fraction of sp³-hybridized carbons (Fsp3) is 0.625. The average molecular weight is 264 g/mol. The van der Waals surface area contributed by atoms with E-state index < -0.39 is 0 Å². The van der Waals surface area contributed by atoms with Crippen LogP contribution in [0.2, 0.25) is 0 Å². The highest BCUT2D eigenvalue weighted by Gasteiger charge is 2.14. The molecule has 0 radical (unpaired) electrons. The highest BCUT2D eigenvalue weighted by Crippen LogP contribution is 2.21. The Bertz CT molecular complexity index is 348. The second-order valence-corrected chi connectivity index (χ2v) is 5.01. The largest absolute Gasteiger partial charge is 0.497 e. The summed E-state index contributed by atoms with van der Waals surface area (Å²) in [6.07, 6.45) is 2.38. The van der Waals surface area contributed by atoms with Crippen LogP contribution in [0.1, 0.15) is 38.2 Å². The van der Waals surface area contributed by atoms with Crippen LogP contribution in [-0.4, -0.2) is 38.2 Å². The molecule has 1 unspecified atom stereocenters. The van der Waals surface area contributed by atoms with Gasteiger partial charge in [-0.05, 0) is 43.6 Å². The van der Waals surface area contributed by atoms with Crippen LogP contribution >= 0.6 is 0 Å². The fourth-order valence-corrected chi connectivity index (χ4v) is 2.45. The Morgan fingerprint density at radius 1 is 1.21 bits per heavy atom. The molecule has 0 fully saturated rings. The van der Waals surface area contributed by atoms with Gasteiger partial charge in [0.1, 0.15) is 5.75 Å². The second-order valence-electron chi connectivity index (χ2n) is 5.01. The zero-order valence-corrected chi connectivity index (χ0v) is 12.6. The van der Waals surface area contributed by atoms with Gasteiger partial charge in [-0.2, -0.15) is 0 Å². The lowest BCUT2D eigenvalue weighted by Gasteiger charge is -2.26. The van der Waals surface area contributed by atoms with Crippen molar-refractivity contribution in [1.82, 2.24) is 4.90 Å². The molecule has 0 heterocycles. The number of hydrogen-bond acceptors (Lipinski definition) is 3. The van der Waals surface area contributed by atoms with Gasteiger partial charge in [-0.3, -0.25) is 0 Å². The summed E-state index contributed by atoms with van der Waals surface area (Å²) in [6.45, 7) is 8.46. The van der Waals surface area contributed by atoms with Crippen LogP contribution in [0.5, 0.6) is 5.75 Å². The molecule has 0 aromatic heterocycles. The van der Waals surface area contributed by atoms with Crippen molar-refractivity contribution in [2.45, 2.75) is 32.6 Å². The lowest BCUT2D eigenvalue weighted by Crippen LogP contribution is -2.33. The molecule has 0 bridgehead atoms. The van der Waals surface area contributed by atoms with Gasteiger partial charge < -0.3 is 15.4 Å². The number of methoxy groups -OCH3 is 1. The smallest absolute Gasteiger partial charge is 0.119 e. The molecule has 1 atom stereocenters. The summed E-state index contributed by atoms with van der Waals surface area (Å²) < 4.78 is 5.30. The Labute approximate surface area is 117 Å². The van der Waals surface area contributed by atoms with Crippen LogP contribution in [0.3, 0.4) is 0 Å². The Balaban J connectivity index is 2.74. The topological polar surface area (TPSA) is 38.5 Å². The fourth-order valence-electron chi connectivity index (χ4n) is 2.45. The van der Waals surface area contributed by atoms with Crippen molar-refractivity contribution < 1.29 is 4.74 Å². The highest BCUT2D eigenvalue weighted by atomic mass is 16.5. The van der Waals surface area contributed by atoms with Crippen LogP contribution in [0, 0.1) is 0 Å². The summed E-state index contributed by atoms with van der Waals surface area (Å²) in [5, 5.41) is 0. The van der Waals surface area contributed by atoms with Crippen molar-refractivity contribution in [2.24, 2.45) is 5.73 Å². The summed E-state index contributed by atoms with van der Waals surface area (Å²) in [5.41, 5.74) is 7.25. The van der Waals surface area contributed by atoms with Gasteiger partial charge in [0.2, 0.25) is 0 Å². The van der Waals surface area contributed by atoms with Crippen LogP contribution in [-0.2, 0) is 0 Å². The van der Waals surface area contributed by atoms with Crippen LogP contribution in [0.15, 0.2) is 24.3 Å². The van der Waals surface area contributed by atoms with E-state index in [1.54, 1.807) is 7.11 Å². The van der Waals surface area contributed by atoms with Gasteiger partial charge in [0.05, 0.1) is 7.11 Å². The first-order chi connectivity index (χ1) is 9.24. The second kappa shape index (κ2) is 8.94. The third kappa shape index (κ3) is 5.21. The van der Waals surface area contributed by atoms with Crippen molar-refractivity contribution in [3.8, 4) is 5.75 Å². The minimum Gasteiger partial charge on any atom is -0.497 e. The lowest BCUT2D eigenvalue weighted by atomic mass is 9.98. The third-order valence-electron chi connectivity index (χ3n) is 3.41. The monoisotopic (exact) mass is 264 g/mol. The molecule has 1 rings (SSSR count). The van der Waals surface area contributed by atoms with E-state index >= 15 is 0 Å². The molecule has 0 aliphatic heterocycles. The predicted molar refractivity (Wildman–Crippen MR) is 81.8 cm³/mol. The van der Waals surface area contributed by atoms with Crippen molar-refractivity contribution in [2.75, 3.05) is 33.3 Å². The number of hydrogen-bond donors (Lipinski definition) is 1. The maximum Gasteiger partial charge on any atom is 0.119 e. The van der Waals surface area contributed by atoms with Crippen LogP contribution in [0.4, 0.5) is 0 Å². The Morgan fingerprint density at radius 2 is 1.89 bits per heavy atom. The zero-order valence-electron chi connectivity index (χ0n) is 12.6.